The molecule has 0 saturated carbocycles. The molecule has 0 spiro atoms. The van der Waals surface area contributed by atoms with Crippen LogP contribution in [0.1, 0.15) is 11.4 Å². The Balaban J connectivity index is 1.84. The van der Waals surface area contributed by atoms with E-state index in [1.807, 2.05) is 0 Å². The van der Waals surface area contributed by atoms with E-state index >= 15 is 0 Å². The third kappa shape index (κ3) is 6.37. The Morgan fingerprint density at radius 1 is 0.930 bits per heavy atom. The summed E-state index contributed by atoms with van der Waals surface area (Å²) in [5.74, 6) is -4.14. The number of aromatic nitrogens is 8. The number of benzene rings is 2. The molecule has 0 aliphatic heterocycles. The maximum Gasteiger partial charge on any atom is 0.471 e. The highest BCUT2D eigenvalue weighted by Gasteiger charge is 2.22. The number of nitrogens with zero attached hydrogens (tertiary/aromatic N) is 9. The van der Waals surface area contributed by atoms with Gasteiger partial charge in [0.05, 0.1) is 29.3 Å². The SMILES string of the molecule is Cn1cnc(Cn2c(=O)n(COP(=O)(O)O)c(=Nc3cc4cn(C)nc4cc3Cl)n(Cc3cc(F)c(F)cc3F)c2=O)n1. The van der Waals surface area contributed by atoms with Gasteiger partial charge >= 0.3 is 19.2 Å². The summed E-state index contributed by atoms with van der Waals surface area (Å²) in [7, 11) is -2.01. The summed E-state index contributed by atoms with van der Waals surface area (Å²) < 4.78 is 63.4. The molecule has 3 heterocycles. The maximum absolute atomic E-state index is 14.8. The first-order valence-electron chi connectivity index (χ1n) is 12.0. The Hall–Kier alpha value is -4.35. The molecule has 0 atom stereocenters. The van der Waals surface area contributed by atoms with Gasteiger partial charge in [-0.25, -0.2) is 46.4 Å². The molecule has 43 heavy (non-hydrogen) atoms. The van der Waals surface area contributed by atoms with E-state index in [0.29, 0.717) is 30.7 Å². The van der Waals surface area contributed by atoms with Crippen molar-refractivity contribution in [3.05, 3.63) is 97.2 Å². The van der Waals surface area contributed by atoms with Crippen LogP contribution in [0.2, 0.25) is 5.02 Å². The molecule has 0 aliphatic carbocycles. The summed E-state index contributed by atoms with van der Waals surface area (Å²) in [6, 6.07) is 3.69. The van der Waals surface area contributed by atoms with Gasteiger partial charge in [0.25, 0.3) is 0 Å². The minimum atomic E-state index is -5.20. The highest BCUT2D eigenvalue weighted by Crippen LogP contribution is 2.35. The average molecular weight is 642 g/mol. The van der Waals surface area contributed by atoms with Gasteiger partial charge in [0.1, 0.15) is 18.9 Å². The molecule has 0 unspecified atom stereocenters. The standard InChI is InChI=1S/C23H20ClF3N9O6P/c1-32-7-13-4-19(14(24)5-18(13)30-32)29-21-34(8-12-3-16(26)17(27)6-15(12)25)22(37)35(9-20-28-10-33(2)31-20)23(38)36(21)11-42-43(39,40)41/h3-7,10H,8-9,11H2,1-2H3,(H2,39,40,41). The minimum Gasteiger partial charge on any atom is -0.303 e. The molecule has 0 radical (unpaired) electrons. The van der Waals surface area contributed by atoms with Crippen LogP contribution >= 0.6 is 19.4 Å². The van der Waals surface area contributed by atoms with Crippen molar-refractivity contribution in [2.45, 2.75) is 19.8 Å². The van der Waals surface area contributed by atoms with Crippen LogP contribution in [-0.4, -0.2) is 48.0 Å². The highest BCUT2D eigenvalue weighted by molar-refractivity contribution is 7.46. The molecule has 2 N–H and O–H groups in total. The van der Waals surface area contributed by atoms with Gasteiger partial charge in [-0.2, -0.15) is 10.2 Å². The van der Waals surface area contributed by atoms with Crippen molar-refractivity contribution in [3.8, 4) is 0 Å². The van der Waals surface area contributed by atoms with E-state index in [0.717, 1.165) is 0 Å². The summed E-state index contributed by atoms with van der Waals surface area (Å²) in [5.41, 5.74) is -3.01. The molecule has 0 saturated heterocycles. The Kier molecular flexibility index (Phi) is 7.97. The van der Waals surface area contributed by atoms with Gasteiger partial charge in [-0.1, -0.05) is 11.6 Å². The zero-order valence-corrected chi connectivity index (χ0v) is 23.7. The van der Waals surface area contributed by atoms with Crippen LogP contribution in [0.25, 0.3) is 10.9 Å². The molecule has 2 aromatic carbocycles. The Bertz CT molecular complexity index is 2130. The number of fused-ring (bicyclic) bond motifs is 1. The van der Waals surface area contributed by atoms with Gasteiger partial charge in [-0.15, -0.1) is 0 Å². The lowest BCUT2D eigenvalue weighted by Crippen LogP contribution is -2.55. The average Bonchev–Trinajstić information content (AvgIpc) is 3.49. The molecule has 226 valence electrons. The van der Waals surface area contributed by atoms with Crippen LogP contribution in [-0.2, 0) is 43.0 Å². The lowest BCUT2D eigenvalue weighted by Gasteiger charge is -2.17. The number of hydrogen-bond donors (Lipinski definition) is 2. The number of aryl methyl sites for hydroxylation is 2. The third-order valence-electron chi connectivity index (χ3n) is 6.03. The Morgan fingerprint density at radius 3 is 2.30 bits per heavy atom. The zero-order chi connectivity index (χ0) is 31.2. The van der Waals surface area contributed by atoms with E-state index in [-0.39, 0.29) is 22.6 Å². The summed E-state index contributed by atoms with van der Waals surface area (Å²) in [5, 5.41) is 8.78. The molecule has 0 amide bonds. The number of rotatable bonds is 8. The van der Waals surface area contributed by atoms with Crippen LogP contribution in [0.15, 0.2) is 51.4 Å². The van der Waals surface area contributed by atoms with E-state index in [1.165, 1.54) is 34.9 Å². The first-order valence-corrected chi connectivity index (χ1v) is 13.9. The molecule has 5 aromatic rings. The van der Waals surface area contributed by atoms with Crippen molar-refractivity contribution in [3.63, 3.8) is 0 Å². The predicted octanol–water partition coefficient (Wildman–Crippen LogP) is 1.29. The summed E-state index contributed by atoms with van der Waals surface area (Å²) in [6.45, 7) is -2.51. The normalized spacial score (nSPS) is 12.5. The molecule has 5 rings (SSSR count). The van der Waals surface area contributed by atoms with Crippen molar-refractivity contribution >= 4 is 36.0 Å². The molecule has 20 heteroatoms. The smallest absolute Gasteiger partial charge is 0.303 e. The van der Waals surface area contributed by atoms with Crippen LogP contribution < -0.4 is 17.0 Å². The first kappa shape index (κ1) is 30.1. The number of halogens is 4. The molecule has 0 fully saturated rings. The predicted molar refractivity (Wildman–Crippen MR) is 143 cm³/mol. The van der Waals surface area contributed by atoms with Crippen molar-refractivity contribution < 1.29 is 32.0 Å². The minimum absolute atomic E-state index is 0.00599. The fourth-order valence-corrected chi connectivity index (χ4v) is 4.60. The van der Waals surface area contributed by atoms with Crippen molar-refractivity contribution in [2.75, 3.05) is 0 Å². The van der Waals surface area contributed by atoms with Crippen molar-refractivity contribution in [1.82, 2.24) is 38.2 Å². The maximum atomic E-state index is 14.8. The topological polar surface area (TPSA) is 177 Å². The van der Waals surface area contributed by atoms with Gasteiger partial charge in [0.15, 0.2) is 17.5 Å². The summed E-state index contributed by atoms with van der Waals surface area (Å²) >= 11 is 6.41. The van der Waals surface area contributed by atoms with Crippen molar-refractivity contribution in [1.29, 1.82) is 0 Å². The van der Waals surface area contributed by atoms with Crippen LogP contribution in [0.5, 0.6) is 0 Å². The fourth-order valence-electron chi connectivity index (χ4n) is 4.13. The third-order valence-corrected chi connectivity index (χ3v) is 6.79. The Morgan fingerprint density at radius 2 is 1.63 bits per heavy atom. The van der Waals surface area contributed by atoms with Crippen LogP contribution in [0.4, 0.5) is 18.9 Å². The van der Waals surface area contributed by atoms with E-state index in [2.05, 4.69) is 24.7 Å². The Labute approximate surface area is 242 Å². The van der Waals surface area contributed by atoms with E-state index in [1.54, 1.807) is 13.2 Å². The highest BCUT2D eigenvalue weighted by atomic mass is 35.5. The largest absolute Gasteiger partial charge is 0.471 e. The summed E-state index contributed by atoms with van der Waals surface area (Å²) in [4.78, 5) is 54.4. The van der Waals surface area contributed by atoms with E-state index < -0.39 is 67.7 Å². The molecule has 0 aliphatic rings. The van der Waals surface area contributed by atoms with Gasteiger partial charge in [0.2, 0.25) is 5.62 Å². The summed E-state index contributed by atoms with van der Waals surface area (Å²) in [6.07, 6.45) is 2.91. The van der Waals surface area contributed by atoms with Crippen molar-refractivity contribution in [2.24, 2.45) is 19.1 Å². The van der Waals surface area contributed by atoms with E-state index in [4.69, 9.17) is 11.6 Å². The van der Waals surface area contributed by atoms with Crippen LogP contribution in [0.3, 0.4) is 0 Å². The van der Waals surface area contributed by atoms with Gasteiger partial charge in [0, 0.05) is 37.3 Å². The second kappa shape index (κ2) is 11.4. The molecular weight excluding hydrogens is 622 g/mol. The number of hydrogen-bond acceptors (Lipinski definition) is 8. The first-order chi connectivity index (χ1) is 20.2. The van der Waals surface area contributed by atoms with Crippen LogP contribution in [0, 0.1) is 17.5 Å². The number of phosphoric ester groups is 1. The lowest BCUT2D eigenvalue weighted by atomic mass is 10.2. The molecule has 15 nitrogen and oxygen atoms in total. The van der Waals surface area contributed by atoms with Gasteiger partial charge in [-0.3, -0.25) is 18.5 Å². The molecule has 3 aromatic heterocycles. The molecule has 0 bridgehead atoms. The monoisotopic (exact) mass is 641 g/mol. The molecular formula is C23H20ClF3N9O6P. The van der Waals surface area contributed by atoms with Gasteiger partial charge < -0.3 is 9.79 Å². The van der Waals surface area contributed by atoms with E-state index in [9.17, 15) is 37.1 Å². The second-order valence-electron chi connectivity index (χ2n) is 9.18. The second-order valence-corrected chi connectivity index (χ2v) is 10.8. The quantitative estimate of drug-likeness (QED) is 0.187. The zero-order valence-electron chi connectivity index (χ0n) is 22.1. The van der Waals surface area contributed by atoms with Gasteiger partial charge in [-0.05, 0) is 18.2 Å². The number of phosphoric acid groups is 1. The lowest BCUT2D eigenvalue weighted by molar-refractivity contribution is 0.142. The fraction of sp³-hybridized carbons (Fsp3) is 0.217.